The van der Waals surface area contributed by atoms with Crippen LogP contribution in [-0.2, 0) is 22.2 Å². The molecule has 8 aromatic rings. The fraction of sp³-hybridized carbons (Fsp3) is 0.143. The van der Waals surface area contributed by atoms with Gasteiger partial charge in [0.2, 0.25) is 0 Å². The van der Waals surface area contributed by atoms with Gasteiger partial charge in [0.25, 0.3) is 0 Å². The van der Waals surface area contributed by atoms with E-state index in [1.165, 1.54) is 55.9 Å². The Morgan fingerprint density at radius 1 is 0.453 bits per heavy atom. The van der Waals surface area contributed by atoms with Crippen LogP contribution in [0.25, 0.3) is 101 Å². The Morgan fingerprint density at radius 2 is 0.906 bits per heavy atom. The number of hydrogen-bond donors (Lipinski definition) is 2. The second kappa shape index (κ2) is 13.3. The van der Waals surface area contributed by atoms with Crippen molar-refractivity contribution in [3.05, 3.63) is 165 Å². The molecule has 0 saturated heterocycles. The number of H-pyrrole nitrogens is 2. The van der Waals surface area contributed by atoms with Gasteiger partial charge in [-0.25, -0.2) is 9.97 Å². The van der Waals surface area contributed by atoms with Crippen molar-refractivity contribution in [2.45, 2.75) is 52.4 Å². The maximum Gasteiger partial charge on any atom is 0.123 e. The first-order valence-electron chi connectivity index (χ1n) is 21.9. The highest BCUT2D eigenvalue weighted by atomic mass is 32.1. The summed E-state index contributed by atoms with van der Waals surface area (Å²) >= 11 is 2.99. The molecule has 7 heterocycles. The molecule has 0 amide bonds. The zero-order valence-electron chi connectivity index (χ0n) is 36.3. The molecular formula is C56H42N6S2. The van der Waals surface area contributed by atoms with Crippen molar-refractivity contribution in [2.75, 3.05) is 0 Å². The van der Waals surface area contributed by atoms with Crippen molar-refractivity contribution in [2.24, 2.45) is 8.73 Å². The lowest BCUT2D eigenvalue weighted by Crippen LogP contribution is -2.14. The first-order valence-corrected chi connectivity index (χ1v) is 23.4. The van der Waals surface area contributed by atoms with Crippen LogP contribution in [0.5, 0.6) is 0 Å². The van der Waals surface area contributed by atoms with Crippen LogP contribution < -0.4 is 0 Å². The molecule has 13 rings (SSSR count). The lowest BCUT2D eigenvalue weighted by molar-refractivity contribution is 0.660. The Morgan fingerprint density at radius 3 is 1.50 bits per heavy atom. The molecule has 3 aliphatic heterocycles. The van der Waals surface area contributed by atoms with Crippen LogP contribution in [0, 0.1) is 13.8 Å². The number of aromatic amines is 2. The summed E-state index contributed by atoms with van der Waals surface area (Å²) in [5, 5.41) is 0. The van der Waals surface area contributed by atoms with Crippen LogP contribution in [0.4, 0.5) is 11.4 Å². The predicted octanol–water partition coefficient (Wildman–Crippen LogP) is 15.7. The van der Waals surface area contributed by atoms with Crippen LogP contribution in [0.1, 0.15) is 83.2 Å². The van der Waals surface area contributed by atoms with Gasteiger partial charge < -0.3 is 9.97 Å². The highest BCUT2D eigenvalue weighted by Crippen LogP contribution is 2.54. The van der Waals surface area contributed by atoms with E-state index < -0.39 is 0 Å². The Hall–Kier alpha value is -7.00. The molecule has 6 nitrogen and oxygen atoms in total. The second-order valence-corrected chi connectivity index (χ2v) is 20.3. The summed E-state index contributed by atoms with van der Waals surface area (Å²) in [6, 6.07) is 40.4. The fourth-order valence-electron chi connectivity index (χ4n) is 10.9. The van der Waals surface area contributed by atoms with Crippen LogP contribution in [0.15, 0.2) is 118 Å². The molecule has 2 N–H and O–H groups in total. The van der Waals surface area contributed by atoms with Gasteiger partial charge in [-0.05, 0) is 136 Å². The second-order valence-electron chi connectivity index (χ2n) is 18.6. The van der Waals surface area contributed by atoms with E-state index in [1.54, 1.807) is 11.3 Å². The molecule has 5 aliphatic rings. The van der Waals surface area contributed by atoms with Crippen molar-refractivity contribution < 1.29 is 0 Å². The number of nitrogens with one attached hydrogen (secondary N) is 2. The van der Waals surface area contributed by atoms with Gasteiger partial charge in [-0.1, -0.05) is 100 Å². The van der Waals surface area contributed by atoms with Crippen molar-refractivity contribution in [3.63, 3.8) is 0 Å². The molecule has 8 heteroatoms. The Balaban J connectivity index is 1.11. The lowest BCUT2D eigenvalue weighted by atomic mass is 9.81. The smallest absolute Gasteiger partial charge is 0.123 e. The zero-order valence-corrected chi connectivity index (χ0v) is 37.9. The number of rotatable bonds is 3. The van der Waals surface area contributed by atoms with Crippen LogP contribution in [0.3, 0.4) is 0 Å². The van der Waals surface area contributed by atoms with E-state index in [9.17, 15) is 0 Å². The topological polar surface area (TPSA) is 82.1 Å². The third-order valence-corrected chi connectivity index (χ3v) is 15.9. The summed E-state index contributed by atoms with van der Waals surface area (Å²) in [4.78, 5) is 21.0. The van der Waals surface area contributed by atoms with Gasteiger partial charge in [0.1, 0.15) is 11.4 Å². The van der Waals surface area contributed by atoms with Gasteiger partial charge in [-0.2, -0.15) is 8.73 Å². The summed E-state index contributed by atoms with van der Waals surface area (Å²) in [5.41, 5.74) is 26.1. The average Bonchev–Trinajstić information content (AvgIpc) is 4.17. The van der Waals surface area contributed by atoms with E-state index in [2.05, 4.69) is 185 Å². The van der Waals surface area contributed by atoms with E-state index in [0.717, 1.165) is 99.4 Å². The van der Waals surface area contributed by atoms with Crippen molar-refractivity contribution >= 4 is 80.4 Å². The highest BCUT2D eigenvalue weighted by Gasteiger charge is 2.37. The molecule has 0 saturated carbocycles. The van der Waals surface area contributed by atoms with Gasteiger partial charge in [-0.3, -0.25) is 0 Å². The maximum atomic E-state index is 5.60. The fourth-order valence-corrected chi connectivity index (χ4v) is 12.7. The number of nitrogens with zero attached hydrogens (tertiary/aromatic N) is 4. The monoisotopic (exact) mass is 862 g/mol. The number of aromatic nitrogens is 4. The third kappa shape index (κ3) is 5.24. The van der Waals surface area contributed by atoms with Gasteiger partial charge in [0.15, 0.2) is 0 Å². The molecule has 0 unspecified atom stereocenters. The summed E-state index contributed by atoms with van der Waals surface area (Å²) < 4.78 is 9.60. The minimum atomic E-state index is -0.148. The molecule has 308 valence electrons. The summed E-state index contributed by atoms with van der Waals surface area (Å²) in [7, 11) is 0. The Bertz CT molecular complexity index is 3640. The molecule has 64 heavy (non-hydrogen) atoms. The molecular weight excluding hydrogens is 821 g/mol. The molecule has 4 aromatic carbocycles. The largest absolute Gasteiger partial charge is 0.355 e. The quantitative estimate of drug-likeness (QED) is 0.185. The first kappa shape index (κ1) is 37.5. The normalized spacial score (nSPS) is 15.2. The molecule has 0 spiro atoms. The lowest BCUT2D eigenvalue weighted by Gasteiger charge is -2.22. The maximum absolute atomic E-state index is 5.60. The molecule has 0 atom stereocenters. The summed E-state index contributed by atoms with van der Waals surface area (Å²) in [5.74, 6) is 0. The number of benzene rings is 4. The van der Waals surface area contributed by atoms with Gasteiger partial charge >= 0.3 is 0 Å². The van der Waals surface area contributed by atoms with E-state index >= 15 is 0 Å². The SMILES string of the molecule is Cc1sc(-c2c3nc(c(-c4ccc5c(c4)C(C)(C)c4ccccc4-5)c4ccc([nH]4)c(C)c4nc(c(-c5ccc6c(c5)C(C)(C)c5ccccc5-6)c5ccc2[nH]5)C=C4)C=C3)c2c1N=S=N2. The zero-order chi connectivity index (χ0) is 43.2. The van der Waals surface area contributed by atoms with Gasteiger partial charge in [0.05, 0.1) is 39.0 Å². The Kier molecular flexibility index (Phi) is 7.78. The first-order chi connectivity index (χ1) is 31.0. The summed E-state index contributed by atoms with van der Waals surface area (Å²) in [6.45, 7) is 13.7. The molecule has 0 radical (unpaired) electrons. The van der Waals surface area contributed by atoms with Gasteiger partial charge in [0, 0.05) is 54.5 Å². The highest BCUT2D eigenvalue weighted by molar-refractivity contribution is 7.58. The number of hydrogen-bond acceptors (Lipinski definition) is 5. The van der Waals surface area contributed by atoms with Crippen molar-refractivity contribution in [3.8, 4) is 54.9 Å². The van der Waals surface area contributed by atoms with Gasteiger partial charge in [-0.15, -0.1) is 11.3 Å². The minimum absolute atomic E-state index is 0.148. The number of fused-ring (bicyclic) bond motifs is 15. The molecule has 8 bridgehead atoms. The number of thiophene rings is 1. The Labute approximate surface area is 379 Å². The van der Waals surface area contributed by atoms with E-state index in [0.29, 0.717) is 0 Å². The molecule has 2 aliphatic carbocycles. The van der Waals surface area contributed by atoms with Crippen LogP contribution in [0.2, 0.25) is 0 Å². The van der Waals surface area contributed by atoms with E-state index in [4.69, 9.17) is 18.7 Å². The van der Waals surface area contributed by atoms with Crippen LogP contribution in [-0.4, -0.2) is 19.9 Å². The minimum Gasteiger partial charge on any atom is -0.355 e. The average molecular weight is 863 g/mol. The standard InChI is InChI=1S/C56H42N6S2/c1-29-41-19-21-43(57-41)49(31-15-17-35-33-11-7-9-13-37(33)55(3,4)39(35)27-31)45-23-25-47(59-45)51(54-53-52(30(2)63-54)61-64-62-53)48-26-24-46(60-48)50(44-22-20-42(29)58-44)32-16-18-36-34-12-8-10-14-38(34)56(5,6)40(36)28-32/h7-28,57,60H,1-6H3. The van der Waals surface area contributed by atoms with Crippen molar-refractivity contribution in [1.29, 1.82) is 0 Å². The number of aryl methyl sites for hydroxylation is 2. The predicted molar refractivity (Wildman–Crippen MR) is 269 cm³/mol. The summed E-state index contributed by atoms with van der Waals surface area (Å²) in [6.07, 6.45) is 8.69. The molecule has 0 fully saturated rings. The van der Waals surface area contributed by atoms with E-state index in [-0.39, 0.29) is 10.8 Å². The van der Waals surface area contributed by atoms with Crippen LogP contribution >= 0.6 is 11.3 Å². The third-order valence-electron chi connectivity index (χ3n) is 14.3. The van der Waals surface area contributed by atoms with Crippen molar-refractivity contribution in [1.82, 2.24) is 19.9 Å². The molecule has 4 aromatic heterocycles. The van der Waals surface area contributed by atoms with E-state index in [1.807, 2.05) is 0 Å².